The van der Waals surface area contributed by atoms with Crippen LogP contribution in [0.4, 0.5) is 19.0 Å². The molecule has 1 aromatic rings. The van der Waals surface area contributed by atoms with Gasteiger partial charge in [0.25, 0.3) is 0 Å². The van der Waals surface area contributed by atoms with Crippen LogP contribution in [-0.2, 0) is 4.79 Å². The molecule has 7 nitrogen and oxygen atoms in total. The first-order chi connectivity index (χ1) is 9.76. The van der Waals surface area contributed by atoms with E-state index in [1.807, 2.05) is 0 Å². The van der Waals surface area contributed by atoms with Crippen LogP contribution in [0.3, 0.4) is 0 Å². The molecule has 2 rings (SSSR count). The lowest BCUT2D eigenvalue weighted by Gasteiger charge is -2.19. The Morgan fingerprint density at radius 2 is 2.05 bits per heavy atom. The number of carboxylic acid groups (broad SMARTS) is 1. The lowest BCUT2D eigenvalue weighted by molar-refractivity contribution is -0.142. The van der Waals surface area contributed by atoms with Crippen LogP contribution in [0.1, 0.15) is 16.9 Å². The van der Waals surface area contributed by atoms with Crippen molar-refractivity contribution in [2.45, 2.75) is 12.6 Å². The molecule has 1 aliphatic heterocycles. The van der Waals surface area contributed by atoms with Crippen molar-refractivity contribution in [2.75, 3.05) is 24.7 Å². The van der Waals surface area contributed by atoms with Crippen molar-refractivity contribution in [3.8, 4) is 0 Å². The average Bonchev–Trinajstić information content (AvgIpc) is 2.77. The van der Waals surface area contributed by atoms with E-state index < -0.39 is 31.0 Å². The fourth-order valence-corrected chi connectivity index (χ4v) is 1.80. The van der Waals surface area contributed by atoms with Gasteiger partial charge in [0.1, 0.15) is 12.4 Å². The maximum Gasteiger partial charge on any atom is 0.390 e. The van der Waals surface area contributed by atoms with Crippen LogP contribution in [-0.4, -0.2) is 57.8 Å². The minimum Gasteiger partial charge on any atom is -0.476 e. The number of amides is 1. The maximum absolute atomic E-state index is 12.1. The summed E-state index contributed by atoms with van der Waals surface area (Å²) in [6.45, 7) is -0.561. The van der Waals surface area contributed by atoms with Gasteiger partial charge < -0.3 is 14.9 Å². The highest BCUT2D eigenvalue weighted by Gasteiger charge is 2.33. The highest BCUT2D eigenvalue weighted by atomic mass is 19.4. The van der Waals surface area contributed by atoms with E-state index in [1.54, 1.807) is 0 Å². The fourth-order valence-electron chi connectivity index (χ4n) is 1.80. The topological polar surface area (TPSA) is 86.6 Å². The summed E-state index contributed by atoms with van der Waals surface area (Å²) >= 11 is 0. The van der Waals surface area contributed by atoms with Gasteiger partial charge in [-0.3, -0.25) is 4.79 Å². The van der Waals surface area contributed by atoms with Gasteiger partial charge in [-0.05, 0) is 0 Å². The number of carbonyl (C=O) groups is 2. The molecule has 0 bridgehead atoms. The number of carbonyl (C=O) groups excluding carboxylic acids is 1. The number of nitrogens with zero attached hydrogens (tertiary/aromatic N) is 4. The molecule has 0 aromatic carbocycles. The molecular formula is C11H11F3N4O3. The molecular weight excluding hydrogens is 293 g/mol. The summed E-state index contributed by atoms with van der Waals surface area (Å²) in [5, 5.41) is 8.69. The second-order valence-electron chi connectivity index (χ2n) is 4.43. The molecule has 114 valence electrons. The van der Waals surface area contributed by atoms with Gasteiger partial charge in [-0.25, -0.2) is 14.8 Å². The summed E-state index contributed by atoms with van der Waals surface area (Å²) in [6.07, 6.45) is -3.20. The van der Waals surface area contributed by atoms with Gasteiger partial charge in [0.2, 0.25) is 5.91 Å². The number of aromatic carboxylic acids is 1. The van der Waals surface area contributed by atoms with Crippen LogP contribution < -0.4 is 4.90 Å². The average molecular weight is 304 g/mol. The number of carboxylic acids is 1. The van der Waals surface area contributed by atoms with Crippen molar-refractivity contribution in [1.29, 1.82) is 0 Å². The van der Waals surface area contributed by atoms with E-state index in [0.29, 0.717) is 0 Å². The summed E-state index contributed by atoms with van der Waals surface area (Å²) in [6, 6.07) is 0. The molecule has 1 N–H and O–H groups in total. The van der Waals surface area contributed by atoms with E-state index in [-0.39, 0.29) is 24.7 Å². The third-order valence-corrected chi connectivity index (χ3v) is 2.87. The molecule has 1 fully saturated rings. The van der Waals surface area contributed by atoms with Gasteiger partial charge in [0, 0.05) is 6.54 Å². The second kappa shape index (κ2) is 5.54. The maximum atomic E-state index is 12.1. The van der Waals surface area contributed by atoms with Crippen LogP contribution in [0.5, 0.6) is 0 Å². The molecule has 0 spiro atoms. The molecule has 0 saturated carbocycles. The molecule has 2 heterocycles. The van der Waals surface area contributed by atoms with Crippen molar-refractivity contribution in [1.82, 2.24) is 14.9 Å². The number of anilines is 1. The Morgan fingerprint density at radius 1 is 1.33 bits per heavy atom. The van der Waals surface area contributed by atoms with E-state index in [9.17, 15) is 22.8 Å². The molecule has 0 unspecified atom stereocenters. The largest absolute Gasteiger partial charge is 0.476 e. The minimum atomic E-state index is -4.32. The molecule has 1 amide bonds. The monoisotopic (exact) mass is 304 g/mol. The summed E-state index contributed by atoms with van der Waals surface area (Å²) < 4.78 is 36.4. The molecule has 0 atom stereocenters. The molecule has 0 radical (unpaired) electrons. The highest BCUT2D eigenvalue weighted by Crippen LogP contribution is 2.22. The third kappa shape index (κ3) is 3.80. The van der Waals surface area contributed by atoms with Crippen LogP contribution in [0.2, 0.25) is 0 Å². The summed E-state index contributed by atoms with van der Waals surface area (Å²) in [4.78, 5) is 32.2. The number of halogens is 3. The molecule has 10 heteroatoms. The van der Waals surface area contributed by atoms with Crippen LogP contribution in [0, 0.1) is 0 Å². The van der Waals surface area contributed by atoms with E-state index in [0.717, 1.165) is 11.1 Å². The normalized spacial score (nSPS) is 15.7. The Bertz CT molecular complexity index is 547. The van der Waals surface area contributed by atoms with Gasteiger partial charge in [-0.2, -0.15) is 13.2 Å². The van der Waals surface area contributed by atoms with Crippen LogP contribution >= 0.6 is 0 Å². The predicted octanol–water partition coefficient (Wildman–Crippen LogP) is 0.733. The van der Waals surface area contributed by atoms with Crippen LogP contribution in [0.25, 0.3) is 0 Å². The summed E-state index contributed by atoms with van der Waals surface area (Å²) in [5.41, 5.74) is -0.252. The number of rotatable bonds is 4. The van der Waals surface area contributed by atoms with Gasteiger partial charge in [0.05, 0.1) is 25.5 Å². The smallest absolute Gasteiger partial charge is 0.390 e. The minimum absolute atomic E-state index is 0.0317. The van der Waals surface area contributed by atoms with E-state index in [4.69, 9.17) is 5.11 Å². The Kier molecular flexibility index (Phi) is 3.96. The van der Waals surface area contributed by atoms with Gasteiger partial charge in [-0.1, -0.05) is 0 Å². The van der Waals surface area contributed by atoms with E-state index >= 15 is 0 Å². The SMILES string of the molecule is O=C(O)c1cnc(N2CC(=O)N(CCC(F)(F)F)C2)cn1. The van der Waals surface area contributed by atoms with Crippen molar-refractivity contribution in [3.05, 3.63) is 18.1 Å². The predicted molar refractivity (Wildman–Crippen MR) is 63.6 cm³/mol. The zero-order chi connectivity index (χ0) is 15.6. The van der Waals surface area contributed by atoms with E-state index in [1.165, 1.54) is 11.1 Å². The number of hydrogen-bond donors (Lipinski definition) is 1. The number of hydrogen-bond acceptors (Lipinski definition) is 5. The Morgan fingerprint density at radius 3 is 2.57 bits per heavy atom. The summed E-state index contributed by atoms with van der Waals surface area (Å²) in [7, 11) is 0. The Hall–Kier alpha value is -2.39. The molecule has 1 aromatic heterocycles. The zero-order valence-corrected chi connectivity index (χ0v) is 10.7. The summed E-state index contributed by atoms with van der Waals surface area (Å²) in [5.74, 6) is -1.44. The Labute approximate surface area is 117 Å². The zero-order valence-electron chi connectivity index (χ0n) is 10.7. The lowest BCUT2D eigenvalue weighted by atomic mass is 10.4. The van der Waals surface area contributed by atoms with Crippen molar-refractivity contribution < 1.29 is 27.9 Å². The van der Waals surface area contributed by atoms with Gasteiger partial charge >= 0.3 is 12.1 Å². The number of aromatic nitrogens is 2. The van der Waals surface area contributed by atoms with Crippen molar-refractivity contribution in [3.63, 3.8) is 0 Å². The fraction of sp³-hybridized carbons (Fsp3) is 0.455. The second-order valence-corrected chi connectivity index (χ2v) is 4.43. The third-order valence-electron chi connectivity index (χ3n) is 2.87. The Balaban J connectivity index is 2.00. The standard InChI is InChI=1S/C11H11F3N4O3/c12-11(13,14)1-2-17-6-18(5-9(17)19)8-4-15-7(3-16-8)10(20)21/h3-4H,1-2,5-6H2,(H,20,21). The van der Waals surface area contributed by atoms with Crippen LogP contribution in [0.15, 0.2) is 12.4 Å². The molecule has 1 saturated heterocycles. The first kappa shape index (κ1) is 15.0. The molecule has 21 heavy (non-hydrogen) atoms. The van der Waals surface area contributed by atoms with Crippen molar-refractivity contribution in [2.24, 2.45) is 0 Å². The quantitative estimate of drug-likeness (QED) is 0.882. The first-order valence-corrected chi connectivity index (χ1v) is 5.91. The van der Waals surface area contributed by atoms with Crippen molar-refractivity contribution >= 4 is 17.7 Å². The van der Waals surface area contributed by atoms with Gasteiger partial charge in [0.15, 0.2) is 5.69 Å². The van der Waals surface area contributed by atoms with Gasteiger partial charge in [-0.15, -0.1) is 0 Å². The molecule has 1 aliphatic rings. The molecule has 0 aliphatic carbocycles. The highest BCUT2D eigenvalue weighted by molar-refractivity contribution is 5.86. The lowest BCUT2D eigenvalue weighted by Crippen LogP contribution is -2.31. The van der Waals surface area contributed by atoms with E-state index in [2.05, 4.69) is 9.97 Å². The first-order valence-electron chi connectivity index (χ1n) is 5.91. The number of alkyl halides is 3.